The number of halogens is 2. The van der Waals surface area contributed by atoms with Gasteiger partial charge in [0.25, 0.3) is 0 Å². The van der Waals surface area contributed by atoms with Gasteiger partial charge in [-0.1, -0.05) is 18.0 Å². The minimum absolute atomic E-state index is 0.273. The van der Waals surface area contributed by atoms with Crippen LogP contribution >= 0.6 is 11.6 Å². The minimum atomic E-state index is -0.702. The van der Waals surface area contributed by atoms with Crippen LogP contribution in [-0.2, 0) is 0 Å². The van der Waals surface area contributed by atoms with Crippen LogP contribution in [0.2, 0.25) is 5.02 Å². The highest BCUT2D eigenvalue weighted by Crippen LogP contribution is 2.40. The van der Waals surface area contributed by atoms with Crippen LogP contribution in [-0.4, -0.2) is 5.11 Å². The Morgan fingerprint density at radius 3 is 2.67 bits per heavy atom. The Kier molecular flexibility index (Phi) is 2.85. The number of phenols is 1. The summed E-state index contributed by atoms with van der Waals surface area (Å²) < 4.78 is 13.2. The molecule has 0 bridgehead atoms. The maximum Gasteiger partial charge on any atom is 0.166 e. The first-order valence-corrected chi connectivity index (χ1v) is 5.41. The lowest BCUT2D eigenvalue weighted by molar-refractivity contribution is 0.259. The van der Waals surface area contributed by atoms with Crippen molar-refractivity contribution in [3.63, 3.8) is 0 Å². The molecule has 0 aromatic heterocycles. The zero-order valence-electron chi connectivity index (χ0n) is 8.21. The van der Waals surface area contributed by atoms with E-state index in [0.717, 1.165) is 25.3 Å². The molecule has 0 saturated heterocycles. The summed E-state index contributed by atoms with van der Waals surface area (Å²) in [5.41, 5.74) is 6.37. The van der Waals surface area contributed by atoms with Gasteiger partial charge in [0.1, 0.15) is 0 Å². The van der Waals surface area contributed by atoms with Gasteiger partial charge >= 0.3 is 0 Å². The van der Waals surface area contributed by atoms with Crippen LogP contribution in [0.25, 0.3) is 0 Å². The predicted molar refractivity (Wildman–Crippen MR) is 57.3 cm³/mol. The lowest BCUT2D eigenvalue weighted by Crippen LogP contribution is -2.27. The largest absolute Gasteiger partial charge is 0.505 e. The average Bonchev–Trinajstić information content (AvgIpc) is 2.08. The van der Waals surface area contributed by atoms with Crippen molar-refractivity contribution >= 4 is 11.6 Å². The molecule has 0 radical (unpaired) electrons. The minimum Gasteiger partial charge on any atom is -0.505 e. The monoisotopic (exact) mass is 229 g/mol. The highest BCUT2D eigenvalue weighted by atomic mass is 35.5. The van der Waals surface area contributed by atoms with Crippen LogP contribution in [0.3, 0.4) is 0 Å². The first kappa shape index (κ1) is 10.7. The summed E-state index contributed by atoms with van der Waals surface area (Å²) >= 11 is 5.73. The fraction of sp³-hybridized carbons (Fsp3) is 0.455. The summed E-state index contributed by atoms with van der Waals surface area (Å²) in [6.45, 7) is 0. The van der Waals surface area contributed by atoms with Crippen LogP contribution in [0.15, 0.2) is 12.1 Å². The molecule has 1 saturated carbocycles. The van der Waals surface area contributed by atoms with E-state index in [2.05, 4.69) is 0 Å². The van der Waals surface area contributed by atoms with Crippen molar-refractivity contribution < 1.29 is 9.50 Å². The Labute approximate surface area is 92.9 Å². The molecular weight excluding hydrogens is 217 g/mol. The Hall–Kier alpha value is -0.800. The number of rotatable bonds is 2. The van der Waals surface area contributed by atoms with Gasteiger partial charge in [0.2, 0.25) is 0 Å². The van der Waals surface area contributed by atoms with E-state index in [9.17, 15) is 9.50 Å². The molecule has 15 heavy (non-hydrogen) atoms. The summed E-state index contributed by atoms with van der Waals surface area (Å²) in [5, 5.41) is 9.82. The molecule has 1 fully saturated rings. The van der Waals surface area contributed by atoms with Gasteiger partial charge in [0, 0.05) is 16.6 Å². The molecule has 1 aliphatic rings. The maximum atomic E-state index is 13.2. The summed E-state index contributed by atoms with van der Waals surface area (Å²) in [4.78, 5) is 0. The summed E-state index contributed by atoms with van der Waals surface area (Å²) in [7, 11) is 0. The Bertz CT molecular complexity index is 379. The first-order chi connectivity index (χ1) is 7.09. The van der Waals surface area contributed by atoms with E-state index in [1.807, 2.05) is 0 Å². The quantitative estimate of drug-likeness (QED) is 0.819. The van der Waals surface area contributed by atoms with Crippen molar-refractivity contribution in [2.75, 3.05) is 0 Å². The zero-order chi connectivity index (χ0) is 11.0. The Morgan fingerprint density at radius 1 is 1.47 bits per heavy atom. The van der Waals surface area contributed by atoms with Crippen molar-refractivity contribution in [3.8, 4) is 5.75 Å². The first-order valence-electron chi connectivity index (χ1n) is 5.03. The second-order valence-electron chi connectivity index (χ2n) is 4.04. The van der Waals surface area contributed by atoms with Gasteiger partial charge in [-0.15, -0.1) is 0 Å². The van der Waals surface area contributed by atoms with Gasteiger partial charge in [-0.25, -0.2) is 4.39 Å². The van der Waals surface area contributed by atoms with Crippen LogP contribution < -0.4 is 5.73 Å². The number of hydrogen-bond acceptors (Lipinski definition) is 2. The lowest BCUT2D eigenvalue weighted by atomic mass is 9.77. The lowest BCUT2D eigenvalue weighted by Gasteiger charge is -2.31. The SMILES string of the molecule is N[C@H](c1cc(Cl)cc(F)c1O)C1CCC1. The van der Waals surface area contributed by atoms with Crippen LogP contribution in [0.4, 0.5) is 4.39 Å². The Morgan fingerprint density at radius 2 is 2.13 bits per heavy atom. The molecule has 82 valence electrons. The molecule has 1 aromatic carbocycles. The van der Waals surface area contributed by atoms with E-state index in [4.69, 9.17) is 17.3 Å². The molecule has 1 atom stereocenters. The molecule has 0 unspecified atom stereocenters. The van der Waals surface area contributed by atoms with E-state index in [1.165, 1.54) is 0 Å². The molecule has 2 nitrogen and oxygen atoms in total. The number of aromatic hydroxyl groups is 1. The van der Waals surface area contributed by atoms with Crippen molar-refractivity contribution in [1.29, 1.82) is 0 Å². The van der Waals surface area contributed by atoms with Crippen molar-refractivity contribution in [3.05, 3.63) is 28.5 Å². The third-order valence-corrected chi connectivity index (χ3v) is 3.29. The number of phenolic OH excluding ortho intramolecular Hbond substituents is 1. The number of nitrogens with two attached hydrogens (primary N) is 1. The predicted octanol–water partition coefficient (Wildman–Crippen LogP) is 2.98. The van der Waals surface area contributed by atoms with E-state index in [1.54, 1.807) is 6.07 Å². The Balaban J connectivity index is 2.33. The van der Waals surface area contributed by atoms with Gasteiger partial charge in [0.05, 0.1) is 0 Å². The summed E-state index contributed by atoms with van der Waals surface area (Å²) in [5.74, 6) is -0.722. The normalized spacial score (nSPS) is 18.6. The fourth-order valence-electron chi connectivity index (χ4n) is 1.89. The van der Waals surface area contributed by atoms with Gasteiger partial charge < -0.3 is 10.8 Å². The van der Waals surface area contributed by atoms with Gasteiger partial charge in [-0.2, -0.15) is 0 Å². The third-order valence-electron chi connectivity index (χ3n) is 3.07. The highest BCUT2D eigenvalue weighted by molar-refractivity contribution is 6.30. The van der Waals surface area contributed by atoms with Crippen molar-refractivity contribution in [2.45, 2.75) is 25.3 Å². The second-order valence-corrected chi connectivity index (χ2v) is 4.48. The smallest absolute Gasteiger partial charge is 0.166 e. The van der Waals surface area contributed by atoms with E-state index in [0.29, 0.717) is 11.5 Å². The molecule has 0 aliphatic heterocycles. The van der Waals surface area contributed by atoms with Crippen LogP contribution in [0.5, 0.6) is 5.75 Å². The average molecular weight is 230 g/mol. The van der Waals surface area contributed by atoms with Crippen molar-refractivity contribution in [1.82, 2.24) is 0 Å². The van der Waals surface area contributed by atoms with E-state index < -0.39 is 5.82 Å². The van der Waals surface area contributed by atoms with Crippen LogP contribution in [0, 0.1) is 11.7 Å². The van der Waals surface area contributed by atoms with Gasteiger partial charge in [-0.05, 0) is 30.9 Å². The summed E-state index contributed by atoms with van der Waals surface area (Å²) in [6, 6.07) is 2.32. The molecular formula is C11H13ClFNO. The number of hydrogen-bond donors (Lipinski definition) is 2. The number of benzene rings is 1. The van der Waals surface area contributed by atoms with Crippen molar-refractivity contribution in [2.24, 2.45) is 11.7 Å². The molecule has 0 heterocycles. The third kappa shape index (κ3) is 1.94. The topological polar surface area (TPSA) is 46.2 Å². The summed E-state index contributed by atoms with van der Waals surface area (Å²) in [6.07, 6.45) is 3.23. The van der Waals surface area contributed by atoms with Crippen LogP contribution in [0.1, 0.15) is 30.9 Å². The fourth-order valence-corrected chi connectivity index (χ4v) is 2.11. The second kappa shape index (κ2) is 3.99. The van der Waals surface area contributed by atoms with E-state index >= 15 is 0 Å². The standard InChI is InChI=1S/C11H13ClFNO/c12-7-4-8(11(15)9(13)5-7)10(14)6-2-1-3-6/h4-6,10,15H,1-3,14H2/t10-/m0/s1. The maximum absolute atomic E-state index is 13.2. The molecule has 0 amide bonds. The zero-order valence-corrected chi connectivity index (χ0v) is 8.97. The molecule has 3 N–H and O–H groups in total. The van der Waals surface area contributed by atoms with Gasteiger partial charge in [0.15, 0.2) is 11.6 Å². The molecule has 1 aliphatic carbocycles. The highest BCUT2D eigenvalue weighted by Gasteiger charge is 2.28. The van der Waals surface area contributed by atoms with E-state index in [-0.39, 0.29) is 16.8 Å². The molecule has 2 rings (SSSR count). The molecule has 0 spiro atoms. The van der Waals surface area contributed by atoms with Gasteiger partial charge in [-0.3, -0.25) is 0 Å². The molecule has 1 aromatic rings. The molecule has 4 heteroatoms.